The van der Waals surface area contributed by atoms with Crippen LogP contribution >= 0.6 is 0 Å². The third kappa shape index (κ3) is 3.66. The molecule has 2 saturated heterocycles. The molecule has 9 nitrogen and oxygen atoms in total. The highest BCUT2D eigenvalue weighted by atomic mass is 16.5. The SMILES string of the molecule is COC(=O)N1CCCC[C@H]1C(=O)N1CCN(c2cnn(C)c(=O)c2)CC1. The number of aromatic nitrogens is 2. The van der Waals surface area contributed by atoms with E-state index in [0.717, 1.165) is 18.5 Å². The monoisotopic (exact) mass is 363 g/mol. The second-order valence-corrected chi connectivity index (χ2v) is 6.66. The number of carbonyl (C=O) groups excluding carboxylic acids is 2. The lowest BCUT2D eigenvalue weighted by atomic mass is 10.0. The third-order valence-electron chi connectivity index (χ3n) is 5.11. The van der Waals surface area contributed by atoms with Crippen molar-refractivity contribution in [2.45, 2.75) is 25.3 Å². The summed E-state index contributed by atoms with van der Waals surface area (Å²) in [5.74, 6) is -0.0168. The number of methoxy groups -OCH3 is 1. The molecule has 2 aliphatic rings. The van der Waals surface area contributed by atoms with Gasteiger partial charge in [-0.15, -0.1) is 0 Å². The summed E-state index contributed by atoms with van der Waals surface area (Å²) >= 11 is 0. The maximum atomic E-state index is 12.9. The normalized spacial score (nSPS) is 20.8. The van der Waals surface area contributed by atoms with Crippen LogP contribution in [0.4, 0.5) is 10.5 Å². The number of hydrogen-bond acceptors (Lipinski definition) is 6. The number of piperazine rings is 1. The van der Waals surface area contributed by atoms with E-state index in [-0.39, 0.29) is 11.5 Å². The van der Waals surface area contributed by atoms with Gasteiger partial charge < -0.3 is 14.5 Å². The number of carbonyl (C=O) groups is 2. The molecule has 0 bridgehead atoms. The van der Waals surface area contributed by atoms with Crippen LogP contribution in [0.1, 0.15) is 19.3 Å². The average molecular weight is 363 g/mol. The van der Waals surface area contributed by atoms with Gasteiger partial charge in [0.25, 0.3) is 5.56 Å². The highest BCUT2D eigenvalue weighted by molar-refractivity contribution is 5.86. The van der Waals surface area contributed by atoms with E-state index in [2.05, 4.69) is 10.00 Å². The van der Waals surface area contributed by atoms with Crippen LogP contribution in [0.5, 0.6) is 0 Å². The molecule has 3 rings (SSSR count). The summed E-state index contributed by atoms with van der Waals surface area (Å²) in [6.45, 7) is 2.93. The fourth-order valence-electron chi connectivity index (χ4n) is 3.55. The third-order valence-corrected chi connectivity index (χ3v) is 5.11. The van der Waals surface area contributed by atoms with E-state index in [4.69, 9.17) is 4.74 Å². The van der Waals surface area contributed by atoms with Crippen molar-refractivity contribution in [3.05, 3.63) is 22.6 Å². The van der Waals surface area contributed by atoms with Gasteiger partial charge in [0.2, 0.25) is 5.91 Å². The van der Waals surface area contributed by atoms with E-state index in [1.54, 1.807) is 29.1 Å². The van der Waals surface area contributed by atoms with E-state index in [1.165, 1.54) is 11.8 Å². The molecule has 1 aromatic heterocycles. The van der Waals surface area contributed by atoms with Crippen molar-refractivity contribution >= 4 is 17.7 Å². The first-order valence-electron chi connectivity index (χ1n) is 8.93. The van der Waals surface area contributed by atoms with Crippen molar-refractivity contribution in [2.24, 2.45) is 7.05 Å². The second-order valence-electron chi connectivity index (χ2n) is 6.66. The van der Waals surface area contributed by atoms with Gasteiger partial charge in [0.05, 0.1) is 19.0 Å². The van der Waals surface area contributed by atoms with E-state index < -0.39 is 12.1 Å². The van der Waals surface area contributed by atoms with Crippen LogP contribution < -0.4 is 10.5 Å². The molecular weight excluding hydrogens is 338 g/mol. The lowest BCUT2D eigenvalue weighted by Gasteiger charge is -2.40. The molecular formula is C17H25N5O4. The lowest BCUT2D eigenvalue weighted by molar-refractivity contribution is -0.137. The fraction of sp³-hybridized carbons (Fsp3) is 0.647. The van der Waals surface area contributed by atoms with Crippen molar-refractivity contribution < 1.29 is 14.3 Å². The van der Waals surface area contributed by atoms with E-state index >= 15 is 0 Å². The Balaban J connectivity index is 1.63. The summed E-state index contributed by atoms with van der Waals surface area (Å²) in [4.78, 5) is 42.0. The van der Waals surface area contributed by atoms with Gasteiger partial charge in [-0.05, 0) is 19.3 Å². The van der Waals surface area contributed by atoms with E-state index in [0.29, 0.717) is 39.1 Å². The molecule has 142 valence electrons. The van der Waals surface area contributed by atoms with Crippen LogP contribution in [0.2, 0.25) is 0 Å². The minimum absolute atomic E-state index is 0.0168. The Morgan fingerprint density at radius 2 is 1.88 bits per heavy atom. The Hall–Kier alpha value is -2.58. The van der Waals surface area contributed by atoms with Crippen LogP contribution in [0.15, 0.2) is 17.1 Å². The standard InChI is InChI=1S/C17H25N5O4/c1-19-15(23)11-13(12-18-19)20-7-9-21(10-8-20)16(24)14-5-3-4-6-22(14)17(25)26-2/h11-12,14H,3-10H2,1-2H3/t14-/m0/s1. The number of aryl methyl sites for hydroxylation is 1. The number of hydrogen-bond donors (Lipinski definition) is 0. The summed E-state index contributed by atoms with van der Waals surface area (Å²) in [6, 6.07) is 1.12. The summed E-state index contributed by atoms with van der Waals surface area (Å²) < 4.78 is 6.11. The van der Waals surface area contributed by atoms with Crippen molar-refractivity contribution in [3.63, 3.8) is 0 Å². The zero-order chi connectivity index (χ0) is 18.7. The molecule has 0 radical (unpaired) electrons. The Bertz CT molecular complexity index is 726. The van der Waals surface area contributed by atoms with Gasteiger partial charge in [0, 0.05) is 45.8 Å². The summed E-state index contributed by atoms with van der Waals surface area (Å²) in [5.41, 5.74) is 0.617. The lowest BCUT2D eigenvalue weighted by Crippen LogP contribution is -2.57. The van der Waals surface area contributed by atoms with Gasteiger partial charge >= 0.3 is 6.09 Å². The van der Waals surface area contributed by atoms with Crippen LogP contribution in [-0.2, 0) is 16.6 Å². The summed E-state index contributed by atoms with van der Waals surface area (Å²) in [7, 11) is 2.95. The maximum absolute atomic E-state index is 12.9. The number of nitrogens with zero attached hydrogens (tertiary/aromatic N) is 5. The molecule has 0 saturated carbocycles. The van der Waals surface area contributed by atoms with Crippen molar-refractivity contribution in [1.82, 2.24) is 19.6 Å². The molecule has 2 aliphatic heterocycles. The molecule has 2 amide bonds. The molecule has 26 heavy (non-hydrogen) atoms. The fourth-order valence-corrected chi connectivity index (χ4v) is 3.55. The van der Waals surface area contributed by atoms with Gasteiger partial charge in [-0.1, -0.05) is 0 Å². The first-order chi connectivity index (χ1) is 12.5. The van der Waals surface area contributed by atoms with Crippen LogP contribution in [0.3, 0.4) is 0 Å². The summed E-state index contributed by atoms with van der Waals surface area (Å²) in [6.07, 6.45) is 3.73. The van der Waals surface area contributed by atoms with Gasteiger partial charge in [0.15, 0.2) is 0 Å². The molecule has 1 aromatic rings. The number of likely N-dealkylation sites (tertiary alicyclic amines) is 1. The molecule has 0 aromatic carbocycles. The molecule has 0 spiro atoms. The quantitative estimate of drug-likeness (QED) is 0.738. The Labute approximate surface area is 152 Å². The van der Waals surface area contributed by atoms with E-state index in [1.807, 2.05) is 0 Å². The number of rotatable bonds is 2. The van der Waals surface area contributed by atoms with Crippen molar-refractivity contribution in [3.8, 4) is 0 Å². The van der Waals surface area contributed by atoms with Gasteiger partial charge in [-0.2, -0.15) is 5.10 Å². The Morgan fingerprint density at radius 1 is 1.15 bits per heavy atom. The molecule has 2 fully saturated rings. The molecule has 0 N–H and O–H groups in total. The first kappa shape index (κ1) is 18.2. The summed E-state index contributed by atoms with van der Waals surface area (Å²) in [5, 5.41) is 4.04. The van der Waals surface area contributed by atoms with Gasteiger partial charge in [-0.25, -0.2) is 9.48 Å². The van der Waals surface area contributed by atoms with Gasteiger partial charge in [0.1, 0.15) is 6.04 Å². The predicted octanol–water partition coefficient (Wildman–Crippen LogP) is 0.0498. The van der Waals surface area contributed by atoms with Crippen LogP contribution in [-0.4, -0.2) is 77.5 Å². The van der Waals surface area contributed by atoms with Crippen LogP contribution in [0, 0.1) is 0 Å². The average Bonchev–Trinajstić information content (AvgIpc) is 2.69. The first-order valence-corrected chi connectivity index (χ1v) is 8.93. The zero-order valence-corrected chi connectivity index (χ0v) is 15.3. The highest BCUT2D eigenvalue weighted by Gasteiger charge is 2.36. The van der Waals surface area contributed by atoms with E-state index in [9.17, 15) is 14.4 Å². The highest BCUT2D eigenvalue weighted by Crippen LogP contribution is 2.21. The number of amides is 2. The predicted molar refractivity (Wildman–Crippen MR) is 95.0 cm³/mol. The van der Waals surface area contributed by atoms with Crippen molar-refractivity contribution in [2.75, 3.05) is 44.7 Å². The molecule has 0 unspecified atom stereocenters. The number of ether oxygens (including phenoxy) is 1. The molecule has 0 aliphatic carbocycles. The second kappa shape index (κ2) is 7.76. The molecule has 9 heteroatoms. The number of anilines is 1. The number of piperidine rings is 1. The smallest absolute Gasteiger partial charge is 0.410 e. The zero-order valence-electron chi connectivity index (χ0n) is 15.3. The Kier molecular flexibility index (Phi) is 5.43. The molecule has 1 atom stereocenters. The van der Waals surface area contributed by atoms with Gasteiger partial charge in [-0.3, -0.25) is 14.5 Å². The van der Waals surface area contributed by atoms with Crippen molar-refractivity contribution in [1.29, 1.82) is 0 Å². The minimum Gasteiger partial charge on any atom is -0.453 e. The van der Waals surface area contributed by atoms with Crippen LogP contribution in [0.25, 0.3) is 0 Å². The maximum Gasteiger partial charge on any atom is 0.410 e. The molecule has 3 heterocycles. The minimum atomic E-state index is -0.437. The largest absolute Gasteiger partial charge is 0.453 e. The Morgan fingerprint density at radius 3 is 2.54 bits per heavy atom. The topological polar surface area (TPSA) is 88.0 Å².